The van der Waals surface area contributed by atoms with Crippen LogP contribution in [0.25, 0.3) is 0 Å². The van der Waals surface area contributed by atoms with Crippen molar-refractivity contribution < 1.29 is 4.79 Å². The van der Waals surface area contributed by atoms with E-state index < -0.39 is 0 Å². The van der Waals surface area contributed by atoms with Crippen molar-refractivity contribution in [1.29, 1.82) is 0 Å². The van der Waals surface area contributed by atoms with Gasteiger partial charge < -0.3 is 10.2 Å². The number of anilines is 3. The summed E-state index contributed by atoms with van der Waals surface area (Å²) < 4.78 is 0. The Labute approximate surface area is 132 Å². The van der Waals surface area contributed by atoms with Crippen LogP contribution in [0.15, 0.2) is 48.7 Å². The van der Waals surface area contributed by atoms with Crippen molar-refractivity contribution in [3.05, 3.63) is 48.7 Å². The van der Waals surface area contributed by atoms with Gasteiger partial charge in [0.15, 0.2) is 0 Å². The zero-order chi connectivity index (χ0) is 15.8. The van der Waals surface area contributed by atoms with Crippen molar-refractivity contribution in [2.24, 2.45) is 0 Å². The maximum absolute atomic E-state index is 11.7. The highest BCUT2D eigenvalue weighted by Crippen LogP contribution is 2.24. The number of aromatic nitrogens is 1. The molecule has 0 spiro atoms. The molecular weight excluding hydrogens is 274 g/mol. The second kappa shape index (κ2) is 8.17. The molecular formula is C18H23N3O. The Morgan fingerprint density at radius 3 is 2.45 bits per heavy atom. The highest BCUT2D eigenvalue weighted by molar-refractivity contribution is 5.89. The van der Waals surface area contributed by atoms with Crippen LogP contribution in [0.1, 0.15) is 33.1 Å². The van der Waals surface area contributed by atoms with Crippen LogP contribution in [0.5, 0.6) is 0 Å². The third-order valence-corrected chi connectivity index (χ3v) is 3.47. The predicted octanol–water partition coefficient (Wildman–Crippen LogP) is 4.37. The Hall–Kier alpha value is -2.36. The van der Waals surface area contributed by atoms with Gasteiger partial charge in [0.1, 0.15) is 5.82 Å². The highest BCUT2D eigenvalue weighted by Gasteiger charge is 2.08. The molecule has 0 saturated carbocycles. The van der Waals surface area contributed by atoms with E-state index in [0.717, 1.165) is 30.8 Å². The standard InChI is InChI=1S/C18H23N3O/c1-3-5-11-18(22)20-17-13-12-16(14-19-17)21(4-2)15-9-7-6-8-10-15/h6-10,12-14H,3-5,11H2,1-2H3,(H,19,20,22). The molecule has 0 radical (unpaired) electrons. The lowest BCUT2D eigenvalue weighted by Gasteiger charge is -2.23. The fourth-order valence-electron chi connectivity index (χ4n) is 2.28. The molecule has 4 heteroatoms. The van der Waals surface area contributed by atoms with Crippen LogP contribution in [0.2, 0.25) is 0 Å². The minimum Gasteiger partial charge on any atom is -0.341 e. The molecule has 0 aliphatic heterocycles. The second-order valence-electron chi connectivity index (χ2n) is 5.13. The Kier molecular flexibility index (Phi) is 5.95. The van der Waals surface area contributed by atoms with E-state index in [1.165, 1.54) is 0 Å². The fraction of sp³-hybridized carbons (Fsp3) is 0.333. The van der Waals surface area contributed by atoms with E-state index in [1.807, 2.05) is 30.3 Å². The van der Waals surface area contributed by atoms with E-state index in [9.17, 15) is 4.79 Å². The minimum atomic E-state index is 0.0255. The minimum absolute atomic E-state index is 0.0255. The van der Waals surface area contributed by atoms with E-state index in [2.05, 4.69) is 41.2 Å². The van der Waals surface area contributed by atoms with Crippen molar-refractivity contribution in [3.63, 3.8) is 0 Å². The number of benzene rings is 1. The van der Waals surface area contributed by atoms with Crippen LogP contribution in [0, 0.1) is 0 Å². The van der Waals surface area contributed by atoms with Gasteiger partial charge in [-0.3, -0.25) is 4.79 Å². The summed E-state index contributed by atoms with van der Waals surface area (Å²) in [5.41, 5.74) is 2.15. The molecule has 1 N–H and O–H groups in total. The third kappa shape index (κ3) is 4.32. The van der Waals surface area contributed by atoms with Crippen molar-refractivity contribution in [1.82, 2.24) is 4.98 Å². The number of para-hydroxylation sites is 1. The first kappa shape index (κ1) is 16.0. The molecule has 0 atom stereocenters. The number of nitrogens with one attached hydrogen (secondary N) is 1. The number of hydrogen-bond acceptors (Lipinski definition) is 3. The quantitative estimate of drug-likeness (QED) is 0.825. The summed E-state index contributed by atoms with van der Waals surface area (Å²) >= 11 is 0. The van der Waals surface area contributed by atoms with Crippen LogP contribution in [0.3, 0.4) is 0 Å². The molecule has 1 amide bonds. The molecule has 4 nitrogen and oxygen atoms in total. The molecule has 116 valence electrons. The average molecular weight is 297 g/mol. The van der Waals surface area contributed by atoms with E-state index in [-0.39, 0.29) is 5.91 Å². The van der Waals surface area contributed by atoms with Crippen LogP contribution in [-0.4, -0.2) is 17.4 Å². The summed E-state index contributed by atoms with van der Waals surface area (Å²) in [6.45, 7) is 5.03. The van der Waals surface area contributed by atoms with Gasteiger partial charge in [-0.1, -0.05) is 31.5 Å². The van der Waals surface area contributed by atoms with E-state index in [4.69, 9.17) is 0 Å². The van der Waals surface area contributed by atoms with Gasteiger partial charge in [0.25, 0.3) is 0 Å². The first-order valence-corrected chi connectivity index (χ1v) is 7.83. The molecule has 2 rings (SSSR count). The first-order chi connectivity index (χ1) is 10.7. The Bertz CT molecular complexity index is 581. The largest absolute Gasteiger partial charge is 0.341 e. The number of rotatable bonds is 7. The SMILES string of the molecule is CCCCC(=O)Nc1ccc(N(CC)c2ccccc2)cn1. The monoisotopic (exact) mass is 297 g/mol. The molecule has 0 unspecified atom stereocenters. The molecule has 1 aromatic carbocycles. The molecule has 0 bridgehead atoms. The maximum atomic E-state index is 11.7. The van der Waals surface area contributed by atoms with Crippen LogP contribution >= 0.6 is 0 Å². The smallest absolute Gasteiger partial charge is 0.225 e. The van der Waals surface area contributed by atoms with E-state index >= 15 is 0 Å². The van der Waals surface area contributed by atoms with Gasteiger partial charge in [-0.25, -0.2) is 4.98 Å². The Morgan fingerprint density at radius 1 is 1.09 bits per heavy atom. The van der Waals surface area contributed by atoms with E-state index in [1.54, 1.807) is 6.20 Å². The molecule has 0 aliphatic carbocycles. The fourth-order valence-corrected chi connectivity index (χ4v) is 2.28. The molecule has 1 heterocycles. The van der Waals surface area contributed by atoms with Crippen molar-refractivity contribution in [2.75, 3.05) is 16.8 Å². The van der Waals surface area contributed by atoms with Gasteiger partial charge in [-0.15, -0.1) is 0 Å². The highest BCUT2D eigenvalue weighted by atomic mass is 16.1. The molecule has 2 aromatic rings. The number of carbonyl (C=O) groups is 1. The van der Waals surface area contributed by atoms with Crippen molar-refractivity contribution in [2.45, 2.75) is 33.1 Å². The molecule has 0 saturated heterocycles. The summed E-state index contributed by atoms with van der Waals surface area (Å²) in [4.78, 5) is 18.2. The normalized spacial score (nSPS) is 10.3. The van der Waals surface area contributed by atoms with Crippen molar-refractivity contribution >= 4 is 23.1 Å². The lowest BCUT2D eigenvalue weighted by Crippen LogP contribution is -2.17. The Balaban J connectivity index is 2.06. The van der Waals surface area contributed by atoms with Gasteiger partial charge >= 0.3 is 0 Å². The predicted molar refractivity (Wildman–Crippen MR) is 91.5 cm³/mol. The van der Waals surface area contributed by atoms with Crippen molar-refractivity contribution in [3.8, 4) is 0 Å². The first-order valence-electron chi connectivity index (χ1n) is 7.83. The zero-order valence-electron chi connectivity index (χ0n) is 13.2. The van der Waals surface area contributed by atoms with Gasteiger partial charge in [-0.05, 0) is 37.6 Å². The summed E-state index contributed by atoms with van der Waals surface area (Å²) in [7, 11) is 0. The summed E-state index contributed by atoms with van der Waals surface area (Å²) in [6, 6.07) is 14.0. The number of hydrogen-bond donors (Lipinski definition) is 1. The number of carbonyl (C=O) groups excluding carboxylic acids is 1. The molecule has 22 heavy (non-hydrogen) atoms. The Morgan fingerprint density at radius 2 is 1.86 bits per heavy atom. The summed E-state index contributed by atoms with van der Waals surface area (Å²) in [6.07, 6.45) is 4.26. The molecule has 1 aromatic heterocycles. The lowest BCUT2D eigenvalue weighted by atomic mass is 10.2. The zero-order valence-corrected chi connectivity index (χ0v) is 13.2. The lowest BCUT2D eigenvalue weighted by molar-refractivity contribution is -0.116. The van der Waals surface area contributed by atoms with Gasteiger partial charge in [0.05, 0.1) is 11.9 Å². The third-order valence-electron chi connectivity index (χ3n) is 3.47. The summed E-state index contributed by atoms with van der Waals surface area (Å²) in [5, 5.41) is 2.83. The van der Waals surface area contributed by atoms with Crippen LogP contribution < -0.4 is 10.2 Å². The number of pyridine rings is 1. The average Bonchev–Trinajstić information content (AvgIpc) is 2.56. The topological polar surface area (TPSA) is 45.2 Å². The molecule has 0 fully saturated rings. The second-order valence-corrected chi connectivity index (χ2v) is 5.13. The van der Waals surface area contributed by atoms with Crippen LogP contribution in [0.4, 0.5) is 17.2 Å². The summed E-state index contributed by atoms with van der Waals surface area (Å²) in [5.74, 6) is 0.631. The van der Waals surface area contributed by atoms with Crippen LogP contribution in [-0.2, 0) is 4.79 Å². The van der Waals surface area contributed by atoms with Gasteiger partial charge in [0, 0.05) is 18.7 Å². The molecule has 0 aliphatic rings. The number of nitrogens with zero attached hydrogens (tertiary/aromatic N) is 2. The maximum Gasteiger partial charge on any atom is 0.225 e. The van der Waals surface area contributed by atoms with Gasteiger partial charge in [-0.2, -0.15) is 0 Å². The van der Waals surface area contributed by atoms with Gasteiger partial charge in [0.2, 0.25) is 5.91 Å². The van der Waals surface area contributed by atoms with E-state index in [0.29, 0.717) is 12.2 Å². The number of amides is 1. The number of unbranched alkanes of at least 4 members (excludes halogenated alkanes) is 1.